The molecule has 0 heterocycles. The van der Waals surface area contributed by atoms with Gasteiger partial charge in [0.1, 0.15) is 11.4 Å². The fraction of sp³-hybridized carbons (Fsp3) is 0.118. The van der Waals surface area contributed by atoms with E-state index in [2.05, 4.69) is 21.2 Å². The molecule has 0 aromatic heterocycles. The fourth-order valence-electron chi connectivity index (χ4n) is 1.94. The minimum Gasteiger partial charge on any atom is -0.494 e. The number of nitro groups is 1. The first kappa shape index (κ1) is 17.7. The van der Waals surface area contributed by atoms with Gasteiger partial charge in [0, 0.05) is 10.5 Å². The molecule has 0 aliphatic rings. The standard InChI is InChI=1S/C17H15BrN2O4/c1-2-24-14-8-9-15(16(11-14)20(22)23)19-17(21)10-5-12-3-6-13(18)7-4-12/h3-11H,2H2,1H3,(H,19,21). The maximum Gasteiger partial charge on any atom is 0.296 e. The number of rotatable bonds is 6. The lowest BCUT2D eigenvalue weighted by molar-refractivity contribution is -0.384. The lowest BCUT2D eigenvalue weighted by atomic mass is 10.2. The molecular formula is C17H15BrN2O4. The summed E-state index contributed by atoms with van der Waals surface area (Å²) in [6.45, 7) is 2.19. The number of nitrogens with zero attached hydrogens (tertiary/aromatic N) is 1. The Kier molecular flexibility index (Phi) is 6.08. The van der Waals surface area contributed by atoms with Crippen molar-refractivity contribution in [2.24, 2.45) is 0 Å². The monoisotopic (exact) mass is 390 g/mol. The van der Waals surface area contributed by atoms with Gasteiger partial charge in [-0.1, -0.05) is 28.1 Å². The van der Waals surface area contributed by atoms with Crippen molar-refractivity contribution in [2.75, 3.05) is 11.9 Å². The number of anilines is 1. The molecule has 7 heteroatoms. The highest BCUT2D eigenvalue weighted by Crippen LogP contribution is 2.29. The summed E-state index contributed by atoms with van der Waals surface area (Å²) in [6.07, 6.45) is 2.95. The second-order valence-corrected chi connectivity index (χ2v) is 5.66. The summed E-state index contributed by atoms with van der Waals surface area (Å²) in [5.74, 6) is -0.0715. The minimum atomic E-state index is -0.559. The van der Waals surface area contributed by atoms with Crippen LogP contribution in [0.5, 0.6) is 5.75 Å². The number of benzene rings is 2. The molecule has 2 aromatic rings. The molecule has 0 unspecified atom stereocenters. The normalized spacial score (nSPS) is 10.6. The van der Waals surface area contributed by atoms with E-state index >= 15 is 0 Å². The second kappa shape index (κ2) is 8.26. The van der Waals surface area contributed by atoms with Crippen LogP contribution in [-0.4, -0.2) is 17.4 Å². The van der Waals surface area contributed by atoms with Crippen molar-refractivity contribution in [3.8, 4) is 5.75 Å². The Morgan fingerprint density at radius 3 is 2.62 bits per heavy atom. The van der Waals surface area contributed by atoms with E-state index in [0.717, 1.165) is 10.0 Å². The summed E-state index contributed by atoms with van der Waals surface area (Å²) in [5.41, 5.74) is 0.745. The van der Waals surface area contributed by atoms with Crippen LogP contribution < -0.4 is 10.1 Å². The molecule has 2 aromatic carbocycles. The van der Waals surface area contributed by atoms with E-state index in [1.54, 1.807) is 19.1 Å². The molecule has 0 atom stereocenters. The molecule has 124 valence electrons. The highest BCUT2D eigenvalue weighted by molar-refractivity contribution is 9.10. The van der Waals surface area contributed by atoms with Crippen molar-refractivity contribution >= 4 is 39.3 Å². The van der Waals surface area contributed by atoms with E-state index in [1.165, 1.54) is 18.2 Å². The van der Waals surface area contributed by atoms with Gasteiger partial charge < -0.3 is 10.1 Å². The van der Waals surface area contributed by atoms with Crippen molar-refractivity contribution in [3.05, 3.63) is 68.7 Å². The first-order valence-corrected chi connectivity index (χ1v) is 7.94. The van der Waals surface area contributed by atoms with E-state index in [1.807, 2.05) is 24.3 Å². The summed E-state index contributed by atoms with van der Waals surface area (Å²) in [7, 11) is 0. The first-order chi connectivity index (χ1) is 11.5. The summed E-state index contributed by atoms with van der Waals surface area (Å²) >= 11 is 3.33. The van der Waals surface area contributed by atoms with Gasteiger partial charge in [-0.15, -0.1) is 0 Å². The molecule has 0 radical (unpaired) electrons. The number of nitrogens with one attached hydrogen (secondary N) is 1. The summed E-state index contributed by atoms with van der Waals surface area (Å²) < 4.78 is 6.18. The fourth-order valence-corrected chi connectivity index (χ4v) is 2.21. The van der Waals surface area contributed by atoms with E-state index in [-0.39, 0.29) is 11.4 Å². The third kappa shape index (κ3) is 4.92. The van der Waals surface area contributed by atoms with Crippen LogP contribution in [0, 0.1) is 10.1 Å². The first-order valence-electron chi connectivity index (χ1n) is 7.15. The Labute approximate surface area is 147 Å². The predicted molar refractivity (Wildman–Crippen MR) is 96.1 cm³/mol. The van der Waals surface area contributed by atoms with Gasteiger partial charge in [-0.25, -0.2) is 0 Å². The van der Waals surface area contributed by atoms with Gasteiger partial charge in [-0.05, 0) is 42.8 Å². The van der Waals surface area contributed by atoms with Crippen LogP contribution >= 0.6 is 15.9 Å². The lowest BCUT2D eigenvalue weighted by Crippen LogP contribution is -2.09. The molecule has 1 N–H and O–H groups in total. The zero-order valence-electron chi connectivity index (χ0n) is 12.9. The van der Waals surface area contributed by atoms with Gasteiger partial charge in [0.05, 0.1) is 17.6 Å². The van der Waals surface area contributed by atoms with Gasteiger partial charge in [-0.2, -0.15) is 0 Å². The number of carbonyl (C=O) groups excluding carboxylic acids is 1. The van der Waals surface area contributed by atoms with Gasteiger partial charge >= 0.3 is 0 Å². The van der Waals surface area contributed by atoms with Crippen molar-refractivity contribution < 1.29 is 14.5 Å². The number of amides is 1. The number of halogens is 1. The van der Waals surface area contributed by atoms with E-state index in [0.29, 0.717) is 12.4 Å². The Morgan fingerprint density at radius 2 is 2.00 bits per heavy atom. The summed E-state index contributed by atoms with van der Waals surface area (Å²) in [4.78, 5) is 22.6. The Hall–Kier alpha value is -2.67. The van der Waals surface area contributed by atoms with Crippen molar-refractivity contribution in [2.45, 2.75) is 6.92 Å². The van der Waals surface area contributed by atoms with Crippen LogP contribution in [0.2, 0.25) is 0 Å². The van der Waals surface area contributed by atoms with Crippen LogP contribution in [0.4, 0.5) is 11.4 Å². The zero-order chi connectivity index (χ0) is 17.5. The quantitative estimate of drug-likeness (QED) is 0.449. The van der Waals surface area contributed by atoms with Crippen LogP contribution in [-0.2, 0) is 4.79 Å². The minimum absolute atomic E-state index is 0.119. The second-order valence-electron chi connectivity index (χ2n) is 4.74. The van der Waals surface area contributed by atoms with E-state index < -0.39 is 10.8 Å². The molecule has 24 heavy (non-hydrogen) atoms. The summed E-state index contributed by atoms with van der Waals surface area (Å²) in [6, 6.07) is 11.7. The number of nitro benzene ring substituents is 1. The molecule has 0 fully saturated rings. The Morgan fingerprint density at radius 1 is 1.29 bits per heavy atom. The predicted octanol–water partition coefficient (Wildman–Crippen LogP) is 4.41. The number of ether oxygens (including phenoxy) is 1. The molecule has 0 aliphatic carbocycles. The van der Waals surface area contributed by atoms with E-state index in [4.69, 9.17) is 4.74 Å². The number of carbonyl (C=O) groups is 1. The molecule has 0 saturated carbocycles. The largest absolute Gasteiger partial charge is 0.494 e. The molecule has 0 aliphatic heterocycles. The van der Waals surface area contributed by atoms with Crippen LogP contribution in [0.1, 0.15) is 12.5 Å². The lowest BCUT2D eigenvalue weighted by Gasteiger charge is -2.07. The van der Waals surface area contributed by atoms with Gasteiger partial charge in [-0.3, -0.25) is 14.9 Å². The van der Waals surface area contributed by atoms with Crippen molar-refractivity contribution in [3.63, 3.8) is 0 Å². The number of hydrogen-bond acceptors (Lipinski definition) is 4. The topological polar surface area (TPSA) is 81.5 Å². The van der Waals surface area contributed by atoms with Crippen LogP contribution in [0.15, 0.2) is 53.0 Å². The maximum atomic E-state index is 12.0. The maximum absolute atomic E-state index is 12.0. The zero-order valence-corrected chi connectivity index (χ0v) is 14.4. The highest BCUT2D eigenvalue weighted by Gasteiger charge is 2.16. The molecule has 1 amide bonds. The van der Waals surface area contributed by atoms with Gasteiger partial charge in [0.2, 0.25) is 5.91 Å². The van der Waals surface area contributed by atoms with Crippen LogP contribution in [0.3, 0.4) is 0 Å². The third-order valence-corrected chi connectivity index (χ3v) is 3.56. The van der Waals surface area contributed by atoms with Crippen molar-refractivity contribution in [1.29, 1.82) is 0 Å². The third-order valence-electron chi connectivity index (χ3n) is 3.03. The smallest absolute Gasteiger partial charge is 0.296 e. The SMILES string of the molecule is CCOc1ccc(NC(=O)C=Cc2ccc(Br)cc2)c([N+](=O)[O-])c1. The molecule has 2 rings (SSSR count). The number of hydrogen-bond donors (Lipinski definition) is 1. The highest BCUT2D eigenvalue weighted by atomic mass is 79.9. The molecule has 0 saturated heterocycles. The molecular weight excluding hydrogens is 376 g/mol. The Balaban J connectivity index is 2.13. The van der Waals surface area contributed by atoms with Crippen LogP contribution in [0.25, 0.3) is 6.08 Å². The molecule has 0 bridgehead atoms. The van der Waals surface area contributed by atoms with Gasteiger partial charge in [0.15, 0.2) is 0 Å². The molecule has 6 nitrogen and oxygen atoms in total. The Bertz CT molecular complexity index is 773. The average Bonchev–Trinajstić information content (AvgIpc) is 2.56. The van der Waals surface area contributed by atoms with Gasteiger partial charge in [0.25, 0.3) is 5.69 Å². The van der Waals surface area contributed by atoms with E-state index in [9.17, 15) is 14.9 Å². The average molecular weight is 391 g/mol. The summed E-state index contributed by atoms with van der Waals surface area (Å²) in [5, 5.41) is 13.7. The van der Waals surface area contributed by atoms with Crippen molar-refractivity contribution in [1.82, 2.24) is 0 Å². The molecule has 0 spiro atoms.